The molecule has 4 heteroatoms. The number of ether oxygens (including phenoxy) is 1. The molecule has 1 aliphatic carbocycles. The maximum Gasteiger partial charge on any atom is 0.336 e. The molecule has 1 aliphatic rings. The second-order valence-electron chi connectivity index (χ2n) is 6.92. The number of hydrogen-bond donors (Lipinski definition) is 2. The van der Waals surface area contributed by atoms with Crippen LogP contribution in [0, 0.1) is 11.3 Å². The van der Waals surface area contributed by atoms with Crippen molar-refractivity contribution in [2.45, 2.75) is 78.1 Å². The number of carboxylic acids is 1. The highest BCUT2D eigenvalue weighted by atomic mass is 16.5. The van der Waals surface area contributed by atoms with Crippen LogP contribution in [0.2, 0.25) is 0 Å². The maximum atomic E-state index is 11.9. The predicted molar refractivity (Wildman–Crippen MR) is 74.0 cm³/mol. The molecule has 4 nitrogen and oxygen atoms in total. The van der Waals surface area contributed by atoms with Crippen LogP contribution in [0.15, 0.2) is 0 Å². The third-order valence-corrected chi connectivity index (χ3v) is 4.34. The lowest BCUT2D eigenvalue weighted by Gasteiger charge is -2.48. The van der Waals surface area contributed by atoms with E-state index in [0.29, 0.717) is 6.42 Å². The van der Waals surface area contributed by atoms with Crippen molar-refractivity contribution in [3.63, 3.8) is 0 Å². The standard InChI is InChI=1S/C15H28O4/c1-10(16)11(2)19-15(13(17)18)9-7-6-8-12(15)14(3,4)5/h10-12,16H,6-9H2,1-5H3,(H,17,18). The van der Waals surface area contributed by atoms with Gasteiger partial charge in [0.1, 0.15) is 0 Å². The summed E-state index contributed by atoms with van der Waals surface area (Å²) in [5.41, 5.74) is -1.29. The lowest BCUT2D eigenvalue weighted by molar-refractivity contribution is -0.209. The topological polar surface area (TPSA) is 66.8 Å². The molecule has 0 bridgehead atoms. The van der Waals surface area contributed by atoms with Crippen molar-refractivity contribution in [2.75, 3.05) is 0 Å². The highest BCUT2D eigenvalue weighted by Crippen LogP contribution is 2.47. The lowest BCUT2D eigenvalue weighted by Crippen LogP contribution is -2.56. The Balaban J connectivity index is 3.09. The molecule has 1 fully saturated rings. The number of aliphatic hydroxyl groups is 1. The smallest absolute Gasteiger partial charge is 0.336 e. The lowest BCUT2D eigenvalue weighted by atomic mass is 9.63. The monoisotopic (exact) mass is 272 g/mol. The first-order chi connectivity index (χ1) is 8.61. The molecule has 0 aromatic carbocycles. The van der Waals surface area contributed by atoms with Crippen molar-refractivity contribution in [3.05, 3.63) is 0 Å². The van der Waals surface area contributed by atoms with Gasteiger partial charge in [0, 0.05) is 5.92 Å². The summed E-state index contributed by atoms with van der Waals surface area (Å²) in [5.74, 6) is -0.924. The quantitative estimate of drug-likeness (QED) is 0.826. The van der Waals surface area contributed by atoms with E-state index in [4.69, 9.17) is 4.74 Å². The average molecular weight is 272 g/mol. The van der Waals surface area contributed by atoms with E-state index in [9.17, 15) is 15.0 Å². The van der Waals surface area contributed by atoms with Crippen LogP contribution in [0.1, 0.15) is 60.3 Å². The number of hydrogen-bond acceptors (Lipinski definition) is 3. The Hall–Kier alpha value is -0.610. The summed E-state index contributed by atoms with van der Waals surface area (Å²) in [5, 5.41) is 19.4. The molecule has 4 atom stereocenters. The molecule has 1 saturated carbocycles. The SMILES string of the molecule is CC(O)C(C)OC1(C(=O)O)CCCCC1C(C)(C)C. The van der Waals surface area contributed by atoms with E-state index in [-0.39, 0.29) is 11.3 Å². The summed E-state index contributed by atoms with van der Waals surface area (Å²) < 4.78 is 5.89. The zero-order valence-electron chi connectivity index (χ0n) is 12.8. The molecular formula is C15H28O4. The van der Waals surface area contributed by atoms with Gasteiger partial charge in [0.2, 0.25) is 0 Å². The van der Waals surface area contributed by atoms with Crippen LogP contribution in [0.5, 0.6) is 0 Å². The predicted octanol–water partition coefficient (Wildman–Crippen LogP) is 2.83. The zero-order chi connectivity index (χ0) is 14.8. The summed E-state index contributed by atoms with van der Waals surface area (Å²) in [6, 6.07) is 0. The number of rotatable bonds is 4. The molecule has 2 N–H and O–H groups in total. The van der Waals surface area contributed by atoms with E-state index in [2.05, 4.69) is 20.8 Å². The van der Waals surface area contributed by atoms with E-state index in [1.807, 2.05) is 0 Å². The minimum Gasteiger partial charge on any atom is -0.479 e. The molecule has 0 aromatic heterocycles. The zero-order valence-corrected chi connectivity index (χ0v) is 12.8. The molecule has 0 aromatic rings. The van der Waals surface area contributed by atoms with Crippen molar-refractivity contribution in [1.82, 2.24) is 0 Å². The third-order valence-electron chi connectivity index (χ3n) is 4.34. The fourth-order valence-electron chi connectivity index (χ4n) is 3.15. The first kappa shape index (κ1) is 16.4. The van der Waals surface area contributed by atoms with Crippen molar-refractivity contribution >= 4 is 5.97 Å². The second kappa shape index (κ2) is 5.80. The molecule has 4 unspecified atom stereocenters. The molecule has 0 heterocycles. The summed E-state index contributed by atoms with van der Waals surface area (Å²) >= 11 is 0. The van der Waals surface area contributed by atoms with Gasteiger partial charge >= 0.3 is 5.97 Å². The highest BCUT2D eigenvalue weighted by molar-refractivity contribution is 5.78. The van der Waals surface area contributed by atoms with Gasteiger partial charge in [-0.3, -0.25) is 0 Å². The van der Waals surface area contributed by atoms with Crippen molar-refractivity contribution in [1.29, 1.82) is 0 Å². The highest BCUT2D eigenvalue weighted by Gasteiger charge is 2.53. The Kier molecular flexibility index (Phi) is 5.02. The van der Waals surface area contributed by atoms with Gasteiger partial charge in [-0.2, -0.15) is 0 Å². The van der Waals surface area contributed by atoms with Crippen LogP contribution < -0.4 is 0 Å². The van der Waals surface area contributed by atoms with E-state index >= 15 is 0 Å². The third kappa shape index (κ3) is 3.48. The normalized spacial score (nSPS) is 31.8. The molecule has 1 rings (SSSR count). The average Bonchev–Trinajstić information content (AvgIpc) is 2.27. The van der Waals surface area contributed by atoms with Crippen LogP contribution in [-0.2, 0) is 9.53 Å². The summed E-state index contributed by atoms with van der Waals surface area (Å²) in [4.78, 5) is 11.9. The Morgan fingerprint density at radius 3 is 2.32 bits per heavy atom. The van der Waals surface area contributed by atoms with Gasteiger partial charge in [-0.25, -0.2) is 4.79 Å². The van der Waals surface area contributed by atoms with Gasteiger partial charge in [-0.1, -0.05) is 27.2 Å². The van der Waals surface area contributed by atoms with Crippen molar-refractivity contribution in [2.24, 2.45) is 11.3 Å². The second-order valence-corrected chi connectivity index (χ2v) is 6.92. The minimum absolute atomic E-state index is 0.0348. The number of carbonyl (C=O) groups is 1. The van der Waals surface area contributed by atoms with Crippen LogP contribution in [0.25, 0.3) is 0 Å². The van der Waals surface area contributed by atoms with E-state index in [1.54, 1.807) is 13.8 Å². The Labute approximate surface area is 116 Å². The minimum atomic E-state index is -1.16. The van der Waals surface area contributed by atoms with Crippen LogP contribution >= 0.6 is 0 Å². The van der Waals surface area contributed by atoms with Crippen LogP contribution in [0.3, 0.4) is 0 Å². The fraction of sp³-hybridized carbons (Fsp3) is 0.933. The van der Waals surface area contributed by atoms with Gasteiger partial charge in [0.05, 0.1) is 12.2 Å². The molecular weight excluding hydrogens is 244 g/mol. The molecule has 0 radical (unpaired) electrons. The van der Waals surface area contributed by atoms with Gasteiger partial charge in [0.25, 0.3) is 0 Å². The molecule has 0 spiro atoms. The summed E-state index contributed by atoms with van der Waals surface area (Å²) in [7, 11) is 0. The Morgan fingerprint density at radius 1 is 1.32 bits per heavy atom. The van der Waals surface area contributed by atoms with Crippen molar-refractivity contribution in [3.8, 4) is 0 Å². The van der Waals surface area contributed by atoms with Gasteiger partial charge in [-0.05, 0) is 38.5 Å². The van der Waals surface area contributed by atoms with Gasteiger partial charge in [-0.15, -0.1) is 0 Å². The molecule has 0 saturated heterocycles. The number of aliphatic hydroxyl groups excluding tert-OH is 1. The van der Waals surface area contributed by atoms with Gasteiger partial charge < -0.3 is 14.9 Å². The van der Waals surface area contributed by atoms with E-state index in [1.165, 1.54) is 0 Å². The molecule has 0 aliphatic heterocycles. The largest absolute Gasteiger partial charge is 0.479 e. The maximum absolute atomic E-state index is 11.9. The van der Waals surface area contributed by atoms with Crippen LogP contribution in [0.4, 0.5) is 0 Å². The molecule has 0 amide bonds. The molecule has 112 valence electrons. The summed E-state index contributed by atoms with van der Waals surface area (Å²) in [6.07, 6.45) is 2.16. The van der Waals surface area contributed by atoms with E-state index < -0.39 is 23.8 Å². The van der Waals surface area contributed by atoms with E-state index in [0.717, 1.165) is 19.3 Å². The first-order valence-corrected chi connectivity index (χ1v) is 7.20. The number of aliphatic carboxylic acids is 1. The molecule has 19 heavy (non-hydrogen) atoms. The van der Waals surface area contributed by atoms with Gasteiger partial charge in [0.15, 0.2) is 5.60 Å². The number of carboxylic acid groups (broad SMARTS) is 1. The Morgan fingerprint density at radius 2 is 1.89 bits per heavy atom. The summed E-state index contributed by atoms with van der Waals surface area (Å²) in [6.45, 7) is 9.57. The van der Waals surface area contributed by atoms with Crippen molar-refractivity contribution < 1.29 is 19.7 Å². The fourth-order valence-corrected chi connectivity index (χ4v) is 3.15. The van der Waals surface area contributed by atoms with Crippen LogP contribution in [-0.4, -0.2) is 34.0 Å². The Bertz CT molecular complexity index is 319. The first-order valence-electron chi connectivity index (χ1n) is 7.20.